The molecule has 0 amide bonds. The van der Waals surface area contributed by atoms with Gasteiger partial charge < -0.3 is 4.74 Å². The summed E-state index contributed by atoms with van der Waals surface area (Å²) in [5, 5.41) is 0.853. The number of rotatable bonds is 3. The van der Waals surface area contributed by atoms with Gasteiger partial charge in [-0.1, -0.05) is 0 Å². The lowest BCUT2D eigenvalue weighted by molar-refractivity contribution is 0.466. The van der Waals surface area contributed by atoms with E-state index in [2.05, 4.69) is 36.3 Å². The van der Waals surface area contributed by atoms with Gasteiger partial charge in [0.15, 0.2) is 0 Å². The van der Waals surface area contributed by atoms with E-state index < -0.39 is 0 Å². The van der Waals surface area contributed by atoms with Crippen molar-refractivity contribution in [2.75, 3.05) is 5.43 Å². The normalized spacial score (nSPS) is 10.8. The number of hydrogen-bond donors (Lipinski definition) is 2. The summed E-state index contributed by atoms with van der Waals surface area (Å²) in [4.78, 5) is 14.6. The topological polar surface area (TPSA) is 86.0 Å². The fraction of sp³-hybridized carbons (Fsp3) is 0.0833. The lowest BCUT2D eigenvalue weighted by Gasteiger charge is -2.07. The van der Waals surface area contributed by atoms with Crippen LogP contribution in [0.15, 0.2) is 29.0 Å². The van der Waals surface area contributed by atoms with Crippen molar-refractivity contribution in [1.82, 2.24) is 15.0 Å². The largest absolute Gasteiger partial charge is 0.436 e. The van der Waals surface area contributed by atoms with Crippen molar-refractivity contribution in [1.29, 1.82) is 0 Å². The van der Waals surface area contributed by atoms with Gasteiger partial charge >= 0.3 is 0 Å². The van der Waals surface area contributed by atoms with Gasteiger partial charge in [0, 0.05) is 15.5 Å². The number of thiophene rings is 1. The van der Waals surface area contributed by atoms with E-state index in [-0.39, 0.29) is 0 Å². The molecule has 0 aromatic carbocycles. The molecule has 3 aromatic rings. The number of nitrogens with two attached hydrogens (primary N) is 1. The Hall–Kier alpha value is -1.77. The average molecular weight is 352 g/mol. The summed E-state index contributed by atoms with van der Waals surface area (Å²) >= 11 is 4.91. The van der Waals surface area contributed by atoms with Crippen LogP contribution in [0.1, 0.15) is 4.88 Å². The maximum Gasteiger partial charge on any atom is 0.241 e. The summed E-state index contributed by atoms with van der Waals surface area (Å²) in [5.41, 5.74) is 2.45. The first-order valence-electron chi connectivity index (χ1n) is 5.69. The Kier molecular flexibility index (Phi) is 3.51. The molecular formula is C12H10BrN5OS. The zero-order chi connectivity index (χ0) is 14.1. The number of hydrazine groups is 1. The van der Waals surface area contributed by atoms with E-state index in [1.165, 1.54) is 0 Å². The lowest BCUT2D eigenvalue weighted by Crippen LogP contribution is -2.10. The average Bonchev–Trinajstić information content (AvgIpc) is 2.79. The standard InChI is InChI=1S/C12H10BrN5OS/c1-6-2-9-10(16-12(18-14)17-11(9)20-6)19-8-3-7(13)4-15-5-8/h2-5H,14H2,1H3,(H,16,17,18). The Morgan fingerprint density at radius 3 is 2.90 bits per heavy atom. The highest BCUT2D eigenvalue weighted by atomic mass is 79.9. The van der Waals surface area contributed by atoms with E-state index in [1.54, 1.807) is 23.7 Å². The second-order valence-electron chi connectivity index (χ2n) is 4.01. The summed E-state index contributed by atoms with van der Waals surface area (Å²) in [6.45, 7) is 2.01. The van der Waals surface area contributed by atoms with Gasteiger partial charge in [-0.2, -0.15) is 4.98 Å². The molecule has 0 radical (unpaired) electrons. The molecule has 0 aliphatic carbocycles. The Balaban J connectivity index is 2.09. The first-order chi connectivity index (χ1) is 9.65. The van der Waals surface area contributed by atoms with Crippen molar-refractivity contribution in [2.24, 2.45) is 5.84 Å². The lowest BCUT2D eigenvalue weighted by atomic mass is 10.3. The number of nitrogens with one attached hydrogen (secondary N) is 1. The number of fused-ring (bicyclic) bond motifs is 1. The maximum absolute atomic E-state index is 5.80. The fourth-order valence-corrected chi connectivity index (χ4v) is 2.93. The smallest absolute Gasteiger partial charge is 0.241 e. The maximum atomic E-state index is 5.80. The predicted octanol–water partition coefficient (Wildman–Crippen LogP) is 3.24. The minimum atomic E-state index is 0.317. The molecule has 8 heteroatoms. The number of aromatic nitrogens is 3. The van der Waals surface area contributed by atoms with Crippen LogP contribution in [0.25, 0.3) is 10.2 Å². The number of pyridine rings is 1. The number of nitrogens with zero attached hydrogens (tertiary/aromatic N) is 3. The number of halogens is 1. The van der Waals surface area contributed by atoms with Crippen LogP contribution in [0.3, 0.4) is 0 Å². The molecule has 3 N–H and O–H groups in total. The predicted molar refractivity (Wildman–Crippen MR) is 82.0 cm³/mol. The Morgan fingerprint density at radius 1 is 1.30 bits per heavy atom. The molecule has 0 aliphatic rings. The summed E-state index contributed by atoms with van der Waals surface area (Å²) in [7, 11) is 0. The van der Waals surface area contributed by atoms with Gasteiger partial charge in [0.1, 0.15) is 10.6 Å². The second-order valence-corrected chi connectivity index (χ2v) is 6.16. The summed E-state index contributed by atoms with van der Waals surface area (Å²) in [6.07, 6.45) is 3.30. The number of nitrogen functional groups attached to an aromatic ring is 1. The van der Waals surface area contributed by atoms with Gasteiger partial charge in [-0.05, 0) is 35.0 Å². The molecule has 0 unspecified atom stereocenters. The van der Waals surface area contributed by atoms with Crippen LogP contribution in [0, 0.1) is 6.92 Å². The molecule has 3 aromatic heterocycles. The van der Waals surface area contributed by atoms with E-state index in [9.17, 15) is 0 Å². The summed E-state index contributed by atoms with van der Waals surface area (Å²) in [6, 6.07) is 3.80. The third-order valence-corrected chi connectivity index (χ3v) is 3.88. The summed E-state index contributed by atoms with van der Waals surface area (Å²) in [5.74, 6) is 6.75. The molecule has 20 heavy (non-hydrogen) atoms. The molecular weight excluding hydrogens is 342 g/mol. The van der Waals surface area contributed by atoms with E-state index in [0.717, 1.165) is 19.6 Å². The van der Waals surface area contributed by atoms with Crippen LogP contribution in [0.4, 0.5) is 5.95 Å². The SMILES string of the molecule is Cc1cc2c(Oc3cncc(Br)c3)nc(NN)nc2s1. The van der Waals surface area contributed by atoms with Gasteiger partial charge in [-0.15, -0.1) is 11.3 Å². The minimum absolute atomic E-state index is 0.317. The Bertz CT molecular complexity index is 776. The highest BCUT2D eigenvalue weighted by Crippen LogP contribution is 2.33. The molecule has 0 spiro atoms. The van der Waals surface area contributed by atoms with Crippen molar-refractivity contribution < 1.29 is 4.74 Å². The molecule has 0 saturated heterocycles. The number of hydrogen-bond acceptors (Lipinski definition) is 7. The third kappa shape index (κ3) is 2.58. The van der Waals surface area contributed by atoms with Gasteiger partial charge in [-0.25, -0.2) is 10.8 Å². The van der Waals surface area contributed by atoms with Crippen molar-refractivity contribution >= 4 is 43.4 Å². The molecule has 0 saturated carbocycles. The zero-order valence-electron chi connectivity index (χ0n) is 10.4. The van der Waals surface area contributed by atoms with E-state index >= 15 is 0 Å². The third-order valence-electron chi connectivity index (χ3n) is 2.50. The number of aryl methyl sites for hydroxylation is 1. The number of anilines is 1. The van der Waals surface area contributed by atoms with Crippen LogP contribution >= 0.6 is 27.3 Å². The van der Waals surface area contributed by atoms with Crippen molar-refractivity contribution in [3.05, 3.63) is 33.9 Å². The number of ether oxygens (including phenoxy) is 1. The van der Waals surface area contributed by atoms with Crippen LogP contribution in [-0.4, -0.2) is 15.0 Å². The van der Waals surface area contributed by atoms with Crippen LogP contribution < -0.4 is 16.0 Å². The quantitative estimate of drug-likeness (QED) is 0.556. The minimum Gasteiger partial charge on any atom is -0.436 e. The molecule has 0 fully saturated rings. The molecule has 102 valence electrons. The second kappa shape index (κ2) is 5.31. The van der Waals surface area contributed by atoms with Crippen molar-refractivity contribution in [2.45, 2.75) is 6.92 Å². The Morgan fingerprint density at radius 2 is 2.15 bits per heavy atom. The molecule has 3 rings (SSSR count). The molecule has 0 bridgehead atoms. The van der Waals surface area contributed by atoms with E-state index in [0.29, 0.717) is 17.6 Å². The molecule has 0 aliphatic heterocycles. The van der Waals surface area contributed by atoms with Crippen molar-refractivity contribution in [3.8, 4) is 11.6 Å². The van der Waals surface area contributed by atoms with Crippen LogP contribution in [0.5, 0.6) is 11.6 Å². The highest BCUT2D eigenvalue weighted by molar-refractivity contribution is 9.10. The zero-order valence-corrected chi connectivity index (χ0v) is 12.8. The Labute approximate surface area is 127 Å². The van der Waals surface area contributed by atoms with Gasteiger partial charge in [-0.3, -0.25) is 10.4 Å². The van der Waals surface area contributed by atoms with Gasteiger partial charge in [0.25, 0.3) is 0 Å². The molecule has 0 atom stereocenters. The first kappa shape index (κ1) is 13.2. The monoisotopic (exact) mass is 351 g/mol. The molecule has 3 heterocycles. The first-order valence-corrected chi connectivity index (χ1v) is 7.30. The van der Waals surface area contributed by atoms with Gasteiger partial charge in [0.05, 0.1) is 11.6 Å². The van der Waals surface area contributed by atoms with E-state index in [4.69, 9.17) is 10.6 Å². The van der Waals surface area contributed by atoms with Crippen LogP contribution in [0.2, 0.25) is 0 Å². The summed E-state index contributed by atoms with van der Waals surface area (Å²) < 4.78 is 6.63. The van der Waals surface area contributed by atoms with Gasteiger partial charge in [0.2, 0.25) is 11.8 Å². The van der Waals surface area contributed by atoms with Crippen LogP contribution in [-0.2, 0) is 0 Å². The fourth-order valence-electron chi connectivity index (χ4n) is 1.72. The molecule has 6 nitrogen and oxygen atoms in total. The highest BCUT2D eigenvalue weighted by Gasteiger charge is 2.12. The van der Waals surface area contributed by atoms with Crippen molar-refractivity contribution in [3.63, 3.8) is 0 Å². The van der Waals surface area contributed by atoms with E-state index in [1.807, 2.05) is 19.1 Å².